The van der Waals surface area contributed by atoms with Gasteiger partial charge in [-0.15, -0.1) is 11.3 Å². The van der Waals surface area contributed by atoms with Crippen LogP contribution in [0.2, 0.25) is 0 Å². The smallest absolute Gasteiger partial charge is 0.319 e. The van der Waals surface area contributed by atoms with Gasteiger partial charge in [-0.05, 0) is 55.3 Å². The predicted molar refractivity (Wildman–Crippen MR) is 121 cm³/mol. The summed E-state index contributed by atoms with van der Waals surface area (Å²) in [7, 11) is 0. The Labute approximate surface area is 187 Å². The van der Waals surface area contributed by atoms with E-state index in [1.54, 1.807) is 35.7 Å². The molecule has 1 fully saturated rings. The van der Waals surface area contributed by atoms with Crippen LogP contribution >= 0.6 is 11.3 Å². The number of nitrogens with zero attached hydrogens (tertiary/aromatic N) is 1. The lowest BCUT2D eigenvalue weighted by Crippen LogP contribution is -2.30. The summed E-state index contributed by atoms with van der Waals surface area (Å²) in [5, 5.41) is 12.7. The molecule has 1 aliphatic rings. The number of carbonyl (C=O) groups excluding carboxylic acids is 3. The third kappa shape index (κ3) is 5.46. The van der Waals surface area contributed by atoms with Gasteiger partial charge < -0.3 is 16.0 Å². The van der Waals surface area contributed by atoms with E-state index in [-0.39, 0.29) is 29.5 Å². The van der Waals surface area contributed by atoms with Crippen LogP contribution in [0, 0.1) is 5.82 Å². The highest BCUT2D eigenvalue weighted by atomic mass is 32.1. The zero-order valence-electron chi connectivity index (χ0n) is 17.1. The van der Waals surface area contributed by atoms with E-state index in [0.717, 1.165) is 12.8 Å². The first kappa shape index (κ1) is 21.4. The molecule has 0 unspecified atom stereocenters. The number of benzene rings is 2. The summed E-state index contributed by atoms with van der Waals surface area (Å²) in [6.07, 6.45) is 2.00. The van der Waals surface area contributed by atoms with Gasteiger partial charge in [-0.2, -0.15) is 0 Å². The van der Waals surface area contributed by atoms with Crippen LogP contribution in [0.3, 0.4) is 0 Å². The van der Waals surface area contributed by atoms with Crippen molar-refractivity contribution in [2.75, 3.05) is 16.0 Å². The van der Waals surface area contributed by atoms with Crippen LogP contribution in [0.4, 0.5) is 25.7 Å². The molecule has 1 aromatic heterocycles. The molecule has 4 N–H and O–H groups in total. The van der Waals surface area contributed by atoms with Gasteiger partial charge in [0.15, 0.2) is 5.13 Å². The van der Waals surface area contributed by atoms with Gasteiger partial charge in [-0.1, -0.05) is 0 Å². The number of aromatic nitrogens is 1. The maximum absolute atomic E-state index is 14.4. The van der Waals surface area contributed by atoms with Gasteiger partial charge in [-0.25, -0.2) is 14.2 Å². The number of urea groups is 1. The first-order valence-electron chi connectivity index (χ1n) is 9.89. The normalized spacial score (nSPS) is 12.7. The van der Waals surface area contributed by atoms with E-state index >= 15 is 0 Å². The van der Waals surface area contributed by atoms with E-state index in [1.807, 2.05) is 0 Å². The first-order chi connectivity index (χ1) is 15.4. The van der Waals surface area contributed by atoms with Gasteiger partial charge in [0.2, 0.25) is 5.91 Å². The number of nitrogens with one attached hydrogen (secondary N) is 4. The van der Waals surface area contributed by atoms with Crippen LogP contribution < -0.4 is 21.3 Å². The average molecular weight is 453 g/mol. The van der Waals surface area contributed by atoms with Crippen LogP contribution in [-0.2, 0) is 4.79 Å². The predicted octanol–water partition coefficient (Wildman–Crippen LogP) is 4.44. The Morgan fingerprint density at radius 2 is 1.72 bits per heavy atom. The molecule has 0 aliphatic heterocycles. The van der Waals surface area contributed by atoms with Gasteiger partial charge in [0.05, 0.1) is 5.69 Å². The molecular weight excluding hydrogens is 433 g/mol. The van der Waals surface area contributed by atoms with E-state index < -0.39 is 5.82 Å². The Kier molecular flexibility index (Phi) is 6.13. The second-order valence-electron chi connectivity index (χ2n) is 7.32. The lowest BCUT2D eigenvalue weighted by Gasteiger charge is -2.07. The Bertz CT molecular complexity index is 1170. The molecule has 8 nitrogen and oxygen atoms in total. The minimum Gasteiger partial charge on any atom is -0.335 e. The molecule has 10 heteroatoms. The number of carbonyl (C=O) groups is 3. The van der Waals surface area contributed by atoms with Crippen molar-refractivity contribution in [3.63, 3.8) is 0 Å². The fourth-order valence-electron chi connectivity index (χ4n) is 2.91. The third-order valence-corrected chi connectivity index (χ3v) is 5.37. The zero-order valence-corrected chi connectivity index (χ0v) is 17.9. The summed E-state index contributed by atoms with van der Waals surface area (Å²) < 4.78 is 14.4. The molecule has 3 aromatic rings. The molecule has 0 bridgehead atoms. The fraction of sp³-hybridized carbons (Fsp3) is 0.182. The molecule has 4 rings (SSSR count). The van der Waals surface area contributed by atoms with Crippen molar-refractivity contribution in [2.45, 2.75) is 25.8 Å². The summed E-state index contributed by atoms with van der Waals surface area (Å²) in [4.78, 5) is 39.7. The van der Waals surface area contributed by atoms with Crippen LogP contribution in [-0.4, -0.2) is 28.9 Å². The quantitative estimate of drug-likeness (QED) is 0.442. The van der Waals surface area contributed by atoms with E-state index in [0.29, 0.717) is 27.8 Å². The topological polar surface area (TPSA) is 112 Å². The second kappa shape index (κ2) is 9.15. The molecule has 0 radical (unpaired) electrons. The molecule has 32 heavy (non-hydrogen) atoms. The van der Waals surface area contributed by atoms with Crippen LogP contribution in [0.5, 0.6) is 0 Å². The van der Waals surface area contributed by atoms with Gasteiger partial charge >= 0.3 is 6.03 Å². The van der Waals surface area contributed by atoms with E-state index in [1.165, 1.54) is 30.4 Å². The van der Waals surface area contributed by atoms with Crippen molar-refractivity contribution in [3.05, 3.63) is 59.2 Å². The van der Waals surface area contributed by atoms with E-state index in [9.17, 15) is 18.8 Å². The first-order valence-corrected chi connectivity index (χ1v) is 10.8. The molecular formula is C22H20FN5O3S. The molecule has 2 aromatic carbocycles. The van der Waals surface area contributed by atoms with Gasteiger partial charge in [-0.3, -0.25) is 14.9 Å². The lowest BCUT2D eigenvalue weighted by atomic mass is 10.1. The summed E-state index contributed by atoms with van der Waals surface area (Å²) in [5.74, 6) is -1.20. The van der Waals surface area contributed by atoms with Crippen LogP contribution in [0.1, 0.15) is 30.1 Å². The second-order valence-corrected chi connectivity index (χ2v) is 8.18. The molecule has 1 saturated carbocycles. The van der Waals surface area contributed by atoms with Gasteiger partial charge in [0.1, 0.15) is 5.82 Å². The summed E-state index contributed by atoms with van der Waals surface area (Å²) in [6, 6.07) is 10.8. The summed E-state index contributed by atoms with van der Waals surface area (Å²) in [5.41, 5.74) is 1.95. The lowest BCUT2D eigenvalue weighted by molar-refractivity contribution is -0.114. The van der Waals surface area contributed by atoms with Crippen molar-refractivity contribution in [3.8, 4) is 11.3 Å². The SMILES string of the molecule is CC(=O)Nc1ccc(-c2csc(NC(=O)c3ccc(NC(=O)NC4CC4)cc3)n2)c(F)c1. The molecule has 1 aliphatic carbocycles. The molecule has 1 heterocycles. The highest BCUT2D eigenvalue weighted by Gasteiger charge is 2.23. The number of rotatable bonds is 6. The Morgan fingerprint density at radius 3 is 2.38 bits per heavy atom. The average Bonchev–Trinajstić information content (AvgIpc) is 3.43. The van der Waals surface area contributed by atoms with E-state index in [2.05, 4.69) is 26.3 Å². The standard InChI is InChI=1S/C22H20FN5O3S/c1-12(29)24-16-8-9-17(18(23)10-16)19-11-32-22(27-19)28-20(30)13-2-4-14(5-3-13)25-21(31)26-15-6-7-15/h2-5,8-11,15H,6-7H2,1H3,(H,24,29)(H2,25,26,31)(H,27,28,30). The third-order valence-electron chi connectivity index (χ3n) is 4.61. The molecule has 0 spiro atoms. The number of thiazole rings is 1. The number of amides is 4. The highest BCUT2D eigenvalue weighted by Crippen LogP contribution is 2.29. The minimum atomic E-state index is -0.534. The highest BCUT2D eigenvalue weighted by molar-refractivity contribution is 7.14. The number of hydrogen-bond donors (Lipinski definition) is 4. The van der Waals surface area contributed by atoms with Crippen molar-refractivity contribution in [1.82, 2.24) is 10.3 Å². The van der Waals surface area contributed by atoms with Crippen LogP contribution in [0.15, 0.2) is 47.8 Å². The number of halogens is 1. The number of hydrogen-bond acceptors (Lipinski definition) is 5. The van der Waals surface area contributed by atoms with Crippen molar-refractivity contribution in [2.24, 2.45) is 0 Å². The van der Waals surface area contributed by atoms with E-state index in [4.69, 9.17) is 0 Å². The van der Waals surface area contributed by atoms with Crippen LogP contribution in [0.25, 0.3) is 11.3 Å². The van der Waals surface area contributed by atoms with Crippen molar-refractivity contribution >= 4 is 45.7 Å². The molecule has 164 valence electrons. The summed E-state index contributed by atoms with van der Waals surface area (Å²) >= 11 is 1.17. The maximum Gasteiger partial charge on any atom is 0.319 e. The Hall–Kier alpha value is -3.79. The molecule has 0 atom stereocenters. The largest absolute Gasteiger partial charge is 0.335 e. The van der Waals surface area contributed by atoms with Gasteiger partial charge in [0.25, 0.3) is 5.91 Å². The fourth-order valence-corrected chi connectivity index (χ4v) is 3.62. The Morgan fingerprint density at radius 1 is 1.00 bits per heavy atom. The summed E-state index contributed by atoms with van der Waals surface area (Å²) in [6.45, 7) is 1.34. The van der Waals surface area contributed by atoms with Gasteiger partial charge in [0, 0.05) is 40.8 Å². The van der Waals surface area contributed by atoms with Crippen molar-refractivity contribution < 1.29 is 18.8 Å². The Balaban J connectivity index is 1.38. The maximum atomic E-state index is 14.4. The number of anilines is 3. The minimum absolute atomic E-state index is 0.256. The monoisotopic (exact) mass is 453 g/mol. The van der Waals surface area contributed by atoms with Crippen molar-refractivity contribution in [1.29, 1.82) is 0 Å². The molecule has 4 amide bonds. The zero-order chi connectivity index (χ0) is 22.7. The molecule has 0 saturated heterocycles.